The molecule has 3 rings (SSSR count). The second-order valence-corrected chi connectivity index (χ2v) is 12.2. The highest BCUT2D eigenvalue weighted by Crippen LogP contribution is 2.29. The quantitative estimate of drug-likeness (QED) is 0.201. The Kier molecular flexibility index (Phi) is 18.7. The summed E-state index contributed by atoms with van der Waals surface area (Å²) in [5, 5.41) is 3.53. The van der Waals surface area contributed by atoms with Gasteiger partial charge in [-0.2, -0.15) is 0 Å². The second-order valence-electron chi connectivity index (χ2n) is 10.0. The number of nitrogens with one attached hydrogen (secondary N) is 1. The molecule has 39 heavy (non-hydrogen) atoms. The normalized spacial score (nSPS) is 11.2. The van der Waals surface area contributed by atoms with E-state index in [9.17, 15) is 4.21 Å². The van der Waals surface area contributed by atoms with Crippen molar-refractivity contribution in [1.29, 1.82) is 0 Å². The Morgan fingerprint density at radius 3 is 1.95 bits per heavy atom. The number of aromatic nitrogens is 2. The van der Waals surface area contributed by atoms with E-state index in [-0.39, 0.29) is 5.41 Å². The fourth-order valence-electron chi connectivity index (χ4n) is 3.55. The van der Waals surface area contributed by atoms with Gasteiger partial charge in [-0.15, -0.1) is 0 Å². The molecule has 0 bridgehead atoms. The predicted octanol–water partition coefficient (Wildman–Crippen LogP) is 8.75. The van der Waals surface area contributed by atoms with Crippen LogP contribution in [0.3, 0.4) is 0 Å². The summed E-state index contributed by atoms with van der Waals surface area (Å²) in [4.78, 5) is 14.8. The Hall–Kier alpha value is -2.19. The number of nitrogens with zero attached hydrogens (tertiary/aromatic N) is 3. The fourth-order valence-corrected chi connectivity index (χ4v) is 4.54. The van der Waals surface area contributed by atoms with Crippen LogP contribution in [0, 0.1) is 0 Å². The lowest BCUT2D eigenvalue weighted by Gasteiger charge is -2.19. The SMILES string of the molecule is CCC.CCCCC.CCn1c(C(C)(C)C)nc2cc(N(C)S(=O)c3ccc(NC)cc3)ccc21.O=CCBr. The van der Waals surface area contributed by atoms with Crippen LogP contribution in [0.4, 0.5) is 11.4 Å². The van der Waals surface area contributed by atoms with Gasteiger partial charge < -0.3 is 14.7 Å². The molecule has 8 heteroatoms. The number of hydrogen-bond donors (Lipinski definition) is 1. The van der Waals surface area contributed by atoms with E-state index in [1.54, 1.807) is 4.31 Å². The van der Waals surface area contributed by atoms with Gasteiger partial charge in [0, 0.05) is 31.7 Å². The molecule has 0 fully saturated rings. The molecule has 1 unspecified atom stereocenters. The van der Waals surface area contributed by atoms with Crippen molar-refractivity contribution in [3.8, 4) is 0 Å². The average molecular weight is 624 g/mol. The molecule has 6 nitrogen and oxygen atoms in total. The van der Waals surface area contributed by atoms with Gasteiger partial charge in [0.1, 0.15) is 12.1 Å². The first kappa shape index (κ1) is 36.8. The highest BCUT2D eigenvalue weighted by atomic mass is 79.9. The summed E-state index contributed by atoms with van der Waals surface area (Å²) in [5.74, 6) is 1.07. The minimum Gasteiger partial charge on any atom is -0.388 e. The molecule has 1 heterocycles. The van der Waals surface area contributed by atoms with Crippen LogP contribution >= 0.6 is 15.9 Å². The van der Waals surface area contributed by atoms with E-state index in [1.165, 1.54) is 25.7 Å². The van der Waals surface area contributed by atoms with Crippen molar-refractivity contribution in [2.75, 3.05) is 29.0 Å². The number of fused-ring (bicyclic) bond motifs is 1. The Morgan fingerprint density at radius 2 is 1.56 bits per heavy atom. The summed E-state index contributed by atoms with van der Waals surface area (Å²) >= 11 is 2.88. The maximum atomic E-state index is 13.0. The van der Waals surface area contributed by atoms with Gasteiger partial charge in [-0.1, -0.05) is 90.1 Å². The van der Waals surface area contributed by atoms with Crippen LogP contribution in [0.5, 0.6) is 0 Å². The molecular weight excluding hydrogens is 572 g/mol. The number of anilines is 2. The van der Waals surface area contributed by atoms with Gasteiger partial charge >= 0.3 is 0 Å². The summed E-state index contributed by atoms with van der Waals surface area (Å²) in [7, 11) is 2.44. The lowest BCUT2D eigenvalue weighted by molar-refractivity contribution is -0.105. The number of alkyl halides is 1. The van der Waals surface area contributed by atoms with E-state index in [0.717, 1.165) is 46.0 Å². The zero-order chi connectivity index (χ0) is 30.0. The molecule has 2 aromatic carbocycles. The number of carbonyl (C=O) groups is 1. The third-order valence-electron chi connectivity index (χ3n) is 5.45. The van der Waals surface area contributed by atoms with E-state index >= 15 is 0 Å². The van der Waals surface area contributed by atoms with E-state index in [2.05, 4.69) is 87.3 Å². The van der Waals surface area contributed by atoms with Crippen molar-refractivity contribution < 1.29 is 9.00 Å². The van der Waals surface area contributed by atoms with Crippen LogP contribution < -0.4 is 9.62 Å². The highest BCUT2D eigenvalue weighted by Gasteiger charge is 2.23. The first-order chi connectivity index (χ1) is 18.5. The number of aldehydes is 1. The Morgan fingerprint density at radius 1 is 1.03 bits per heavy atom. The fraction of sp³-hybridized carbons (Fsp3) is 0.548. The van der Waals surface area contributed by atoms with Crippen LogP contribution in [-0.2, 0) is 27.7 Å². The summed E-state index contributed by atoms with van der Waals surface area (Å²) in [6.45, 7) is 18.2. The molecule has 0 aliphatic rings. The Bertz CT molecular complexity index is 1110. The van der Waals surface area contributed by atoms with E-state index in [4.69, 9.17) is 9.78 Å². The van der Waals surface area contributed by atoms with Crippen LogP contribution in [-0.4, -0.2) is 39.5 Å². The molecule has 1 N–H and O–H groups in total. The highest BCUT2D eigenvalue weighted by molar-refractivity contribution is 9.09. The number of halogens is 1. The van der Waals surface area contributed by atoms with Crippen LogP contribution in [0.2, 0.25) is 0 Å². The van der Waals surface area contributed by atoms with Gasteiger partial charge in [0.15, 0.2) is 11.0 Å². The molecule has 1 atom stereocenters. The van der Waals surface area contributed by atoms with Crippen molar-refractivity contribution in [2.45, 2.75) is 97.9 Å². The first-order valence-corrected chi connectivity index (χ1v) is 16.2. The van der Waals surface area contributed by atoms with Crippen molar-refractivity contribution in [3.63, 3.8) is 0 Å². The van der Waals surface area contributed by atoms with Crippen molar-refractivity contribution >= 4 is 55.6 Å². The number of rotatable bonds is 8. The minimum atomic E-state index is -1.28. The molecule has 0 aliphatic heterocycles. The predicted molar refractivity (Wildman–Crippen MR) is 176 cm³/mol. The number of aryl methyl sites for hydroxylation is 1. The van der Waals surface area contributed by atoms with Gasteiger partial charge in [0.2, 0.25) is 0 Å². The minimum absolute atomic E-state index is 0.0288. The number of benzene rings is 2. The monoisotopic (exact) mass is 622 g/mol. The molecule has 1 aromatic heterocycles. The van der Waals surface area contributed by atoms with Gasteiger partial charge in [-0.3, -0.25) is 4.31 Å². The molecule has 3 aromatic rings. The summed E-state index contributed by atoms with van der Waals surface area (Å²) in [6, 6.07) is 13.8. The first-order valence-electron chi connectivity index (χ1n) is 13.9. The molecule has 0 spiro atoms. The third kappa shape index (κ3) is 12.2. The standard InChI is InChI=1S/C21H28N4OS.C5H12.C3H8.C2H3BrO/c1-7-25-19-13-10-16(14-18(19)23-20(25)21(2,3)4)24(6)27(26)17-11-8-15(22-5)9-12-17;1-3-5-4-2;1-3-2;3-1-2-4/h8-14,22H,7H2,1-6H3;3-5H2,1-2H3;3H2,1-2H3;2H,1H2. The van der Waals surface area contributed by atoms with E-state index < -0.39 is 11.0 Å². The molecule has 0 radical (unpaired) electrons. The van der Waals surface area contributed by atoms with Crippen molar-refractivity contribution in [2.24, 2.45) is 0 Å². The number of imidazole rings is 1. The van der Waals surface area contributed by atoms with Gasteiger partial charge in [-0.25, -0.2) is 9.19 Å². The van der Waals surface area contributed by atoms with Gasteiger partial charge in [0.25, 0.3) is 0 Å². The van der Waals surface area contributed by atoms with Gasteiger partial charge in [0.05, 0.1) is 26.9 Å². The lowest BCUT2D eigenvalue weighted by Crippen LogP contribution is -2.20. The van der Waals surface area contributed by atoms with Crippen molar-refractivity contribution in [1.82, 2.24) is 9.55 Å². The summed E-state index contributed by atoms with van der Waals surface area (Å²) in [5.41, 5.74) is 3.91. The number of unbranched alkanes of at least 4 members (excludes halogenated alkanes) is 2. The molecule has 0 saturated heterocycles. The zero-order valence-corrected chi connectivity index (χ0v) is 28.2. The van der Waals surface area contributed by atoms with E-state index in [1.807, 2.05) is 50.5 Å². The summed E-state index contributed by atoms with van der Waals surface area (Å²) in [6.07, 6.45) is 6.12. The largest absolute Gasteiger partial charge is 0.388 e. The average Bonchev–Trinajstić information content (AvgIpc) is 3.32. The molecular formula is C31H51BrN4O2S. The molecule has 220 valence electrons. The Balaban J connectivity index is 0.00000102. The maximum absolute atomic E-state index is 13.0. The number of hydrogen-bond acceptors (Lipinski definition) is 4. The van der Waals surface area contributed by atoms with E-state index in [0.29, 0.717) is 5.33 Å². The maximum Gasteiger partial charge on any atom is 0.152 e. The smallest absolute Gasteiger partial charge is 0.152 e. The summed E-state index contributed by atoms with van der Waals surface area (Å²) < 4.78 is 17.0. The zero-order valence-electron chi connectivity index (χ0n) is 25.8. The molecule has 0 amide bonds. The molecule has 0 saturated carbocycles. The third-order valence-corrected chi connectivity index (χ3v) is 7.09. The van der Waals surface area contributed by atoms with Crippen LogP contribution in [0.25, 0.3) is 11.0 Å². The van der Waals surface area contributed by atoms with Crippen LogP contribution in [0.15, 0.2) is 47.4 Å². The van der Waals surface area contributed by atoms with Crippen molar-refractivity contribution in [3.05, 3.63) is 48.3 Å². The Labute approximate surface area is 248 Å². The van der Waals surface area contributed by atoms with Crippen LogP contribution in [0.1, 0.15) is 86.9 Å². The number of carbonyl (C=O) groups excluding carboxylic acids is 1. The topological polar surface area (TPSA) is 67.2 Å². The lowest BCUT2D eigenvalue weighted by atomic mass is 9.96. The second kappa shape index (κ2) is 19.8. The molecule has 0 aliphatic carbocycles. The van der Waals surface area contributed by atoms with Gasteiger partial charge in [-0.05, 0) is 49.4 Å².